The molecule has 0 aliphatic carbocycles. The summed E-state index contributed by atoms with van der Waals surface area (Å²) in [6.07, 6.45) is 1.60. The number of carbonyl (C=O) groups is 1. The number of hydrazone groups is 1. The van der Waals surface area contributed by atoms with E-state index in [-0.39, 0.29) is 12.5 Å². The molecule has 0 aromatic heterocycles. The number of amides is 1. The Morgan fingerprint density at radius 3 is 2.60 bits per heavy atom. The van der Waals surface area contributed by atoms with Crippen molar-refractivity contribution in [3.63, 3.8) is 0 Å². The molecule has 0 saturated carbocycles. The van der Waals surface area contributed by atoms with E-state index in [0.29, 0.717) is 5.75 Å². The van der Waals surface area contributed by atoms with Gasteiger partial charge in [0.1, 0.15) is 5.75 Å². The molecule has 5 heteroatoms. The van der Waals surface area contributed by atoms with Crippen LogP contribution in [0, 0.1) is 6.92 Å². The minimum Gasteiger partial charge on any atom is -0.484 e. The molecule has 4 nitrogen and oxygen atoms in total. The number of ether oxygens (including phenoxy) is 1. The highest BCUT2D eigenvalue weighted by molar-refractivity contribution is 9.10. The van der Waals surface area contributed by atoms with E-state index in [1.54, 1.807) is 6.21 Å². The molecule has 0 radical (unpaired) electrons. The summed E-state index contributed by atoms with van der Waals surface area (Å²) in [7, 11) is 0. The van der Waals surface area contributed by atoms with Crippen molar-refractivity contribution in [2.75, 3.05) is 6.61 Å². The van der Waals surface area contributed by atoms with Crippen molar-refractivity contribution in [2.24, 2.45) is 5.10 Å². The van der Waals surface area contributed by atoms with Gasteiger partial charge in [0, 0.05) is 4.47 Å². The predicted octanol–water partition coefficient (Wildman–Crippen LogP) is 4.44. The molecule has 3 aromatic rings. The molecular weight excluding hydrogens is 380 g/mol. The number of rotatable bonds is 5. The molecule has 0 bridgehead atoms. The summed E-state index contributed by atoms with van der Waals surface area (Å²) < 4.78 is 6.55. The Hall–Kier alpha value is -2.66. The van der Waals surface area contributed by atoms with Crippen LogP contribution in [0.3, 0.4) is 0 Å². The van der Waals surface area contributed by atoms with Crippen molar-refractivity contribution in [3.8, 4) is 5.75 Å². The number of nitrogens with one attached hydrogen (secondary N) is 1. The molecule has 1 amide bonds. The van der Waals surface area contributed by atoms with Gasteiger partial charge in [-0.2, -0.15) is 5.10 Å². The van der Waals surface area contributed by atoms with Gasteiger partial charge >= 0.3 is 0 Å². The lowest BCUT2D eigenvalue weighted by molar-refractivity contribution is -0.123. The van der Waals surface area contributed by atoms with Crippen molar-refractivity contribution >= 4 is 38.8 Å². The van der Waals surface area contributed by atoms with E-state index in [2.05, 4.69) is 26.5 Å². The quantitative estimate of drug-likeness (QED) is 0.511. The van der Waals surface area contributed by atoms with Crippen LogP contribution in [0.4, 0.5) is 0 Å². The van der Waals surface area contributed by atoms with Crippen LogP contribution in [0.2, 0.25) is 0 Å². The van der Waals surface area contributed by atoms with Gasteiger partial charge < -0.3 is 4.74 Å². The van der Waals surface area contributed by atoms with Gasteiger partial charge in [0.2, 0.25) is 0 Å². The third-order valence-corrected chi connectivity index (χ3v) is 4.12. The molecule has 0 atom stereocenters. The number of benzene rings is 3. The van der Waals surface area contributed by atoms with Gasteiger partial charge in [-0.1, -0.05) is 57.9 Å². The third-order valence-electron chi connectivity index (χ3n) is 3.62. The van der Waals surface area contributed by atoms with Gasteiger partial charge in [0.15, 0.2) is 6.61 Å². The number of fused-ring (bicyclic) bond motifs is 1. The monoisotopic (exact) mass is 396 g/mol. The number of carbonyl (C=O) groups excluding carboxylic acids is 1. The SMILES string of the molecule is Cc1ccc(/C=N/NC(=O)COc2ccc3cc(Br)ccc3c2)cc1. The molecule has 3 aromatic carbocycles. The minimum atomic E-state index is -0.306. The summed E-state index contributed by atoms with van der Waals surface area (Å²) in [6, 6.07) is 19.6. The van der Waals surface area contributed by atoms with E-state index in [1.807, 2.05) is 67.6 Å². The van der Waals surface area contributed by atoms with Gasteiger partial charge in [-0.25, -0.2) is 5.43 Å². The first-order chi connectivity index (χ1) is 12.1. The van der Waals surface area contributed by atoms with Crippen LogP contribution in [0.5, 0.6) is 5.75 Å². The lowest BCUT2D eigenvalue weighted by Crippen LogP contribution is -2.24. The number of halogens is 1. The topological polar surface area (TPSA) is 50.7 Å². The first-order valence-electron chi connectivity index (χ1n) is 7.81. The Labute approximate surface area is 154 Å². The summed E-state index contributed by atoms with van der Waals surface area (Å²) in [5.41, 5.74) is 4.56. The van der Waals surface area contributed by atoms with E-state index in [9.17, 15) is 4.79 Å². The Morgan fingerprint density at radius 2 is 1.80 bits per heavy atom. The van der Waals surface area contributed by atoms with Gasteiger partial charge in [-0.15, -0.1) is 0 Å². The zero-order chi connectivity index (χ0) is 17.6. The minimum absolute atomic E-state index is 0.0900. The zero-order valence-corrected chi connectivity index (χ0v) is 15.3. The second kappa shape index (κ2) is 7.94. The zero-order valence-electron chi connectivity index (χ0n) is 13.7. The van der Waals surface area contributed by atoms with Gasteiger partial charge in [-0.05, 0) is 47.5 Å². The summed E-state index contributed by atoms with van der Waals surface area (Å²) in [6.45, 7) is 1.93. The highest BCUT2D eigenvalue weighted by atomic mass is 79.9. The molecule has 0 unspecified atom stereocenters. The number of aryl methyl sites for hydroxylation is 1. The van der Waals surface area contributed by atoms with Crippen LogP contribution >= 0.6 is 15.9 Å². The highest BCUT2D eigenvalue weighted by Gasteiger charge is 2.03. The van der Waals surface area contributed by atoms with Crippen LogP contribution < -0.4 is 10.2 Å². The Bertz CT molecular complexity index is 921. The van der Waals surface area contributed by atoms with Crippen molar-refractivity contribution in [3.05, 3.63) is 76.3 Å². The number of hydrogen-bond acceptors (Lipinski definition) is 3. The Morgan fingerprint density at radius 1 is 1.08 bits per heavy atom. The Kier molecular flexibility index (Phi) is 5.46. The highest BCUT2D eigenvalue weighted by Crippen LogP contribution is 2.24. The summed E-state index contributed by atoms with van der Waals surface area (Å²) in [4.78, 5) is 11.8. The third kappa shape index (κ3) is 4.90. The summed E-state index contributed by atoms with van der Waals surface area (Å²) >= 11 is 3.45. The summed E-state index contributed by atoms with van der Waals surface area (Å²) in [5, 5.41) is 6.09. The maximum Gasteiger partial charge on any atom is 0.277 e. The first kappa shape index (κ1) is 17.2. The van der Waals surface area contributed by atoms with Gasteiger partial charge in [-0.3, -0.25) is 4.79 Å². The lowest BCUT2D eigenvalue weighted by atomic mass is 10.1. The molecule has 3 rings (SSSR count). The normalized spacial score (nSPS) is 11.0. The van der Waals surface area contributed by atoms with Crippen molar-refractivity contribution < 1.29 is 9.53 Å². The maximum atomic E-state index is 11.8. The second-order valence-corrected chi connectivity index (χ2v) is 6.56. The average molecular weight is 397 g/mol. The summed E-state index contributed by atoms with van der Waals surface area (Å²) in [5.74, 6) is 0.340. The molecule has 25 heavy (non-hydrogen) atoms. The Balaban J connectivity index is 1.53. The molecule has 0 aliphatic heterocycles. The van der Waals surface area contributed by atoms with Crippen molar-refractivity contribution in [1.29, 1.82) is 0 Å². The van der Waals surface area contributed by atoms with Crippen LogP contribution in [0.25, 0.3) is 10.8 Å². The van der Waals surface area contributed by atoms with Gasteiger partial charge in [0.05, 0.1) is 6.21 Å². The number of nitrogens with zero attached hydrogens (tertiary/aromatic N) is 1. The smallest absolute Gasteiger partial charge is 0.277 e. The van der Waals surface area contributed by atoms with Crippen LogP contribution in [-0.4, -0.2) is 18.7 Å². The number of hydrogen-bond donors (Lipinski definition) is 1. The largest absolute Gasteiger partial charge is 0.484 e. The molecule has 1 N–H and O–H groups in total. The molecule has 0 aliphatic rings. The van der Waals surface area contributed by atoms with E-state index in [1.165, 1.54) is 5.56 Å². The molecule has 0 fully saturated rings. The molecular formula is C20H17BrN2O2. The average Bonchev–Trinajstić information content (AvgIpc) is 2.61. The standard InChI is InChI=1S/C20H17BrN2O2/c1-14-2-4-15(5-3-14)12-22-23-20(24)13-25-19-9-7-16-10-18(21)8-6-17(16)11-19/h2-12H,13H2,1H3,(H,23,24)/b22-12+. The molecule has 126 valence electrons. The van der Waals surface area contributed by atoms with Crippen LogP contribution in [-0.2, 0) is 4.79 Å². The fraction of sp³-hybridized carbons (Fsp3) is 0.100. The van der Waals surface area contributed by atoms with Crippen LogP contribution in [0.15, 0.2) is 70.2 Å². The predicted molar refractivity (Wildman–Crippen MR) is 104 cm³/mol. The van der Waals surface area contributed by atoms with E-state index in [4.69, 9.17) is 4.74 Å². The molecule has 0 spiro atoms. The van der Waals surface area contributed by atoms with E-state index >= 15 is 0 Å². The van der Waals surface area contributed by atoms with E-state index < -0.39 is 0 Å². The van der Waals surface area contributed by atoms with Crippen molar-refractivity contribution in [2.45, 2.75) is 6.92 Å². The first-order valence-corrected chi connectivity index (χ1v) is 8.60. The fourth-order valence-electron chi connectivity index (χ4n) is 2.30. The van der Waals surface area contributed by atoms with Gasteiger partial charge in [0.25, 0.3) is 5.91 Å². The fourth-order valence-corrected chi connectivity index (χ4v) is 2.68. The van der Waals surface area contributed by atoms with Crippen LogP contribution in [0.1, 0.15) is 11.1 Å². The second-order valence-electron chi connectivity index (χ2n) is 5.65. The maximum absolute atomic E-state index is 11.8. The molecule has 0 heterocycles. The lowest BCUT2D eigenvalue weighted by Gasteiger charge is -2.06. The van der Waals surface area contributed by atoms with E-state index in [0.717, 1.165) is 20.8 Å². The molecule has 0 saturated heterocycles. The van der Waals surface area contributed by atoms with Crippen molar-refractivity contribution in [1.82, 2.24) is 5.43 Å².